The number of alkyl halides is 3. The molecule has 30 heavy (non-hydrogen) atoms. The van der Waals surface area contributed by atoms with E-state index in [0.717, 1.165) is 12.1 Å². The molecule has 8 heteroatoms. The molecule has 4 aromatic rings. The molecule has 0 aliphatic rings. The van der Waals surface area contributed by atoms with Gasteiger partial charge in [0.05, 0.1) is 17.3 Å². The zero-order chi connectivity index (χ0) is 21.5. The number of hydrogen-bond acceptors (Lipinski definition) is 2. The summed E-state index contributed by atoms with van der Waals surface area (Å²) in [4.78, 5) is 14.3. The number of halogens is 4. The fraction of sp³-hybridized carbons (Fsp3) is 0.0909. The van der Waals surface area contributed by atoms with Gasteiger partial charge in [0.1, 0.15) is 5.82 Å². The molecule has 2 heterocycles. The lowest BCUT2D eigenvalue weighted by Crippen LogP contribution is -2.26. The maximum atomic E-state index is 13.1. The Hall–Kier alpha value is -3.68. The normalized spacial score (nSPS) is 11.6. The summed E-state index contributed by atoms with van der Waals surface area (Å²) in [7, 11) is 1.58. The Labute approximate surface area is 169 Å². The van der Waals surface area contributed by atoms with Gasteiger partial charge in [0.25, 0.3) is 5.91 Å². The number of nitrogens with zero attached hydrogens (tertiary/aromatic N) is 3. The molecular weight excluding hydrogens is 398 g/mol. The Balaban J connectivity index is 1.69. The number of anilines is 1. The first kappa shape index (κ1) is 19.6. The predicted octanol–water partition coefficient (Wildman–Crippen LogP) is 5.44. The summed E-state index contributed by atoms with van der Waals surface area (Å²) in [5.74, 6) is -0.717. The third-order valence-corrected chi connectivity index (χ3v) is 4.81. The zero-order valence-electron chi connectivity index (χ0n) is 15.7. The van der Waals surface area contributed by atoms with Gasteiger partial charge in [0, 0.05) is 30.1 Å². The first-order valence-corrected chi connectivity index (χ1v) is 8.93. The quantitative estimate of drug-likeness (QED) is 0.420. The van der Waals surface area contributed by atoms with E-state index in [0.29, 0.717) is 27.9 Å². The van der Waals surface area contributed by atoms with Crippen LogP contribution in [0, 0.1) is 5.82 Å². The first-order chi connectivity index (χ1) is 14.2. The summed E-state index contributed by atoms with van der Waals surface area (Å²) in [5.41, 5.74) is 1.88. The van der Waals surface area contributed by atoms with Crippen LogP contribution in [0.4, 0.5) is 23.2 Å². The highest BCUT2D eigenvalue weighted by molar-refractivity contribution is 6.06. The van der Waals surface area contributed by atoms with Gasteiger partial charge in [-0.15, -0.1) is 0 Å². The minimum absolute atomic E-state index is 0.316. The number of pyridine rings is 1. The van der Waals surface area contributed by atoms with Gasteiger partial charge in [-0.1, -0.05) is 12.1 Å². The monoisotopic (exact) mass is 413 g/mol. The van der Waals surface area contributed by atoms with Crippen molar-refractivity contribution in [1.29, 1.82) is 0 Å². The number of amides is 1. The van der Waals surface area contributed by atoms with Crippen LogP contribution in [-0.2, 0) is 6.18 Å². The van der Waals surface area contributed by atoms with Gasteiger partial charge in [-0.2, -0.15) is 18.3 Å². The highest BCUT2D eigenvalue weighted by Crippen LogP contribution is 2.32. The van der Waals surface area contributed by atoms with Gasteiger partial charge in [0.2, 0.25) is 0 Å². The van der Waals surface area contributed by atoms with E-state index in [4.69, 9.17) is 0 Å². The van der Waals surface area contributed by atoms with Crippen LogP contribution in [0.15, 0.2) is 73.1 Å². The molecule has 0 saturated heterocycles. The standard InChI is InChI=1S/C22H15F4N3O/c1-28(18-8-6-17(23)7-9-18)21(30)15-10-11-29-20(12-15)19(13-27-29)14-2-4-16(5-3-14)22(24,25)26/h2-13H,1H3. The summed E-state index contributed by atoms with van der Waals surface area (Å²) in [5, 5.41) is 4.21. The minimum Gasteiger partial charge on any atom is -0.311 e. The predicted molar refractivity (Wildman–Crippen MR) is 105 cm³/mol. The van der Waals surface area contributed by atoms with Crippen molar-refractivity contribution in [2.24, 2.45) is 0 Å². The molecule has 4 nitrogen and oxygen atoms in total. The van der Waals surface area contributed by atoms with Crippen molar-refractivity contribution in [3.8, 4) is 11.1 Å². The molecule has 1 amide bonds. The molecule has 0 fully saturated rings. The fourth-order valence-corrected chi connectivity index (χ4v) is 3.15. The van der Waals surface area contributed by atoms with Gasteiger partial charge in [0.15, 0.2) is 0 Å². The first-order valence-electron chi connectivity index (χ1n) is 8.93. The molecule has 0 bridgehead atoms. The molecule has 152 valence electrons. The smallest absolute Gasteiger partial charge is 0.311 e. The zero-order valence-corrected chi connectivity index (χ0v) is 15.7. The average molecular weight is 413 g/mol. The van der Waals surface area contributed by atoms with E-state index in [1.165, 1.54) is 47.5 Å². The van der Waals surface area contributed by atoms with Crippen molar-refractivity contribution in [1.82, 2.24) is 9.61 Å². The molecule has 0 radical (unpaired) electrons. The van der Waals surface area contributed by atoms with E-state index in [1.54, 1.807) is 29.9 Å². The number of carbonyl (C=O) groups is 1. The lowest BCUT2D eigenvalue weighted by molar-refractivity contribution is -0.137. The van der Waals surface area contributed by atoms with Crippen molar-refractivity contribution in [2.75, 3.05) is 11.9 Å². The van der Waals surface area contributed by atoms with Crippen LogP contribution in [-0.4, -0.2) is 22.6 Å². The molecule has 0 aliphatic carbocycles. The van der Waals surface area contributed by atoms with Gasteiger partial charge >= 0.3 is 6.18 Å². The highest BCUT2D eigenvalue weighted by Gasteiger charge is 2.30. The average Bonchev–Trinajstić information content (AvgIpc) is 3.16. The van der Waals surface area contributed by atoms with Gasteiger partial charge in [-0.05, 0) is 54.1 Å². The molecule has 0 unspecified atom stereocenters. The minimum atomic E-state index is -4.41. The van der Waals surface area contributed by atoms with Crippen molar-refractivity contribution < 1.29 is 22.4 Å². The number of benzene rings is 2. The largest absolute Gasteiger partial charge is 0.416 e. The number of carbonyl (C=O) groups excluding carboxylic acids is 1. The molecule has 0 spiro atoms. The van der Waals surface area contributed by atoms with Crippen molar-refractivity contribution in [2.45, 2.75) is 6.18 Å². The van der Waals surface area contributed by atoms with E-state index in [-0.39, 0.29) is 5.91 Å². The van der Waals surface area contributed by atoms with Crippen LogP contribution in [0.1, 0.15) is 15.9 Å². The number of aromatic nitrogens is 2. The van der Waals surface area contributed by atoms with Crippen LogP contribution in [0.2, 0.25) is 0 Å². The van der Waals surface area contributed by atoms with E-state index < -0.39 is 17.6 Å². The lowest BCUT2D eigenvalue weighted by Gasteiger charge is -2.17. The summed E-state index contributed by atoms with van der Waals surface area (Å²) >= 11 is 0. The van der Waals surface area contributed by atoms with E-state index in [1.807, 2.05) is 0 Å². The molecule has 0 aliphatic heterocycles. The second-order valence-corrected chi connectivity index (χ2v) is 6.72. The van der Waals surface area contributed by atoms with Gasteiger partial charge < -0.3 is 4.90 Å². The molecular formula is C22H15F4N3O. The highest BCUT2D eigenvalue weighted by atomic mass is 19.4. The van der Waals surface area contributed by atoms with Crippen molar-refractivity contribution >= 4 is 17.1 Å². The molecule has 2 aromatic heterocycles. The summed E-state index contributed by atoms with van der Waals surface area (Å²) < 4.78 is 53.1. The number of rotatable bonds is 3. The van der Waals surface area contributed by atoms with Crippen LogP contribution >= 0.6 is 0 Å². The van der Waals surface area contributed by atoms with E-state index in [2.05, 4.69) is 5.10 Å². The summed E-state index contributed by atoms with van der Waals surface area (Å²) in [6.07, 6.45) is -1.27. The Morgan fingerprint density at radius 2 is 1.67 bits per heavy atom. The Morgan fingerprint density at radius 1 is 1.00 bits per heavy atom. The lowest BCUT2D eigenvalue weighted by atomic mass is 10.0. The summed E-state index contributed by atoms with van der Waals surface area (Å²) in [6, 6.07) is 13.5. The second-order valence-electron chi connectivity index (χ2n) is 6.72. The maximum absolute atomic E-state index is 13.1. The van der Waals surface area contributed by atoms with Crippen LogP contribution in [0.3, 0.4) is 0 Å². The Kier molecular flexibility index (Phi) is 4.77. The van der Waals surface area contributed by atoms with Crippen molar-refractivity contribution in [3.63, 3.8) is 0 Å². The third kappa shape index (κ3) is 3.63. The topological polar surface area (TPSA) is 37.6 Å². The van der Waals surface area contributed by atoms with E-state index in [9.17, 15) is 22.4 Å². The number of hydrogen-bond donors (Lipinski definition) is 0. The van der Waals surface area contributed by atoms with Crippen LogP contribution in [0.25, 0.3) is 16.6 Å². The molecule has 4 rings (SSSR count). The van der Waals surface area contributed by atoms with Crippen LogP contribution in [0.5, 0.6) is 0 Å². The van der Waals surface area contributed by atoms with E-state index >= 15 is 0 Å². The molecule has 0 atom stereocenters. The third-order valence-electron chi connectivity index (χ3n) is 4.81. The van der Waals surface area contributed by atoms with Crippen LogP contribution < -0.4 is 4.90 Å². The van der Waals surface area contributed by atoms with Gasteiger partial charge in [-0.25, -0.2) is 8.91 Å². The SMILES string of the molecule is CN(C(=O)c1ccn2ncc(-c3ccc(C(F)(F)F)cc3)c2c1)c1ccc(F)cc1. The number of fused-ring (bicyclic) bond motifs is 1. The molecule has 0 saturated carbocycles. The summed E-state index contributed by atoms with van der Waals surface area (Å²) in [6.45, 7) is 0. The second kappa shape index (κ2) is 7.29. The van der Waals surface area contributed by atoms with Gasteiger partial charge in [-0.3, -0.25) is 4.79 Å². The Morgan fingerprint density at radius 3 is 2.30 bits per heavy atom. The fourth-order valence-electron chi connectivity index (χ4n) is 3.15. The maximum Gasteiger partial charge on any atom is 0.416 e. The molecule has 0 N–H and O–H groups in total. The molecule has 2 aromatic carbocycles. The Bertz CT molecular complexity index is 1210. The van der Waals surface area contributed by atoms with Crippen molar-refractivity contribution in [3.05, 3.63) is 90.0 Å².